The predicted molar refractivity (Wildman–Crippen MR) is 89.8 cm³/mol. The van der Waals surface area contributed by atoms with E-state index in [1.54, 1.807) is 0 Å². The Kier molecular flexibility index (Phi) is 5.12. The molecular weight excluding hydrogens is 280 g/mol. The number of pyridine rings is 1. The van der Waals surface area contributed by atoms with E-state index >= 15 is 0 Å². The van der Waals surface area contributed by atoms with Crippen LogP contribution in [0, 0.1) is 0 Å². The quantitative estimate of drug-likeness (QED) is 0.918. The monoisotopic (exact) mass is 302 g/mol. The Morgan fingerprint density at radius 3 is 3.19 bits per heavy atom. The molecule has 0 saturated carbocycles. The van der Waals surface area contributed by atoms with Crippen LogP contribution >= 0.6 is 11.8 Å². The second-order valence-corrected chi connectivity index (χ2v) is 6.52. The lowest BCUT2D eigenvalue weighted by molar-refractivity contribution is 0.0468. The summed E-state index contributed by atoms with van der Waals surface area (Å²) in [4.78, 5) is 4.48. The standard InChI is InChI=1S/C17H22N2OS/c1-2-7-19-17(16-12-21-10-9-20-16)14-6-5-13-4-3-8-18-15(13)11-14/h3-6,8,11,16-17,19H,2,7,9-10,12H2,1H3. The van der Waals surface area contributed by atoms with Gasteiger partial charge in [0, 0.05) is 23.1 Å². The summed E-state index contributed by atoms with van der Waals surface area (Å²) in [5.41, 5.74) is 2.34. The van der Waals surface area contributed by atoms with Crippen LogP contribution in [0.3, 0.4) is 0 Å². The van der Waals surface area contributed by atoms with E-state index in [2.05, 4.69) is 41.5 Å². The fourth-order valence-corrected chi connectivity index (χ4v) is 3.64. The molecule has 21 heavy (non-hydrogen) atoms. The molecule has 2 unspecified atom stereocenters. The summed E-state index contributed by atoms with van der Waals surface area (Å²) >= 11 is 1.98. The van der Waals surface area contributed by atoms with Crippen LogP contribution in [0.4, 0.5) is 0 Å². The molecule has 3 nitrogen and oxygen atoms in total. The predicted octanol–water partition coefficient (Wildman–Crippen LogP) is 3.41. The number of ether oxygens (including phenoxy) is 1. The van der Waals surface area contributed by atoms with Crippen molar-refractivity contribution in [3.8, 4) is 0 Å². The third-order valence-corrected chi connectivity index (χ3v) is 4.84. The lowest BCUT2D eigenvalue weighted by Gasteiger charge is -2.31. The number of aromatic nitrogens is 1. The van der Waals surface area contributed by atoms with Gasteiger partial charge in [0.2, 0.25) is 0 Å². The zero-order valence-electron chi connectivity index (χ0n) is 12.4. The Morgan fingerprint density at radius 2 is 2.38 bits per heavy atom. The van der Waals surface area contributed by atoms with Crippen LogP contribution in [0.1, 0.15) is 24.9 Å². The fraction of sp³-hybridized carbons (Fsp3) is 0.471. The second-order valence-electron chi connectivity index (χ2n) is 5.37. The molecule has 0 amide bonds. The molecule has 2 atom stereocenters. The first-order valence-electron chi connectivity index (χ1n) is 7.66. The highest BCUT2D eigenvalue weighted by Crippen LogP contribution is 2.27. The highest BCUT2D eigenvalue weighted by Gasteiger charge is 2.26. The van der Waals surface area contributed by atoms with Gasteiger partial charge in [0.15, 0.2) is 0 Å². The smallest absolute Gasteiger partial charge is 0.0860 e. The van der Waals surface area contributed by atoms with Crippen molar-refractivity contribution in [2.75, 3.05) is 24.7 Å². The molecule has 0 aliphatic carbocycles. The summed E-state index contributed by atoms with van der Waals surface area (Å²) in [6, 6.07) is 10.9. The van der Waals surface area contributed by atoms with Crippen molar-refractivity contribution in [1.29, 1.82) is 0 Å². The van der Waals surface area contributed by atoms with Gasteiger partial charge in [-0.05, 0) is 30.7 Å². The highest BCUT2D eigenvalue weighted by atomic mass is 32.2. The van der Waals surface area contributed by atoms with Crippen LogP contribution in [-0.4, -0.2) is 35.7 Å². The summed E-state index contributed by atoms with van der Waals surface area (Å²) in [7, 11) is 0. The molecule has 1 aromatic heterocycles. The van der Waals surface area contributed by atoms with Gasteiger partial charge in [-0.1, -0.05) is 25.1 Å². The first-order valence-corrected chi connectivity index (χ1v) is 8.81. The molecular formula is C17H22N2OS. The van der Waals surface area contributed by atoms with E-state index in [1.807, 2.05) is 24.0 Å². The molecule has 1 fully saturated rings. The SMILES string of the molecule is CCCNC(c1ccc2cccnc2c1)C1CSCCO1. The van der Waals surface area contributed by atoms with Crippen LogP contribution in [0.15, 0.2) is 36.5 Å². The summed E-state index contributed by atoms with van der Waals surface area (Å²) in [5.74, 6) is 2.16. The molecule has 1 aliphatic rings. The van der Waals surface area contributed by atoms with Crippen LogP contribution in [-0.2, 0) is 4.74 Å². The van der Waals surface area contributed by atoms with Gasteiger partial charge in [-0.15, -0.1) is 0 Å². The summed E-state index contributed by atoms with van der Waals surface area (Å²) in [6.45, 7) is 4.06. The van der Waals surface area contributed by atoms with Crippen molar-refractivity contribution in [2.45, 2.75) is 25.5 Å². The van der Waals surface area contributed by atoms with Crippen molar-refractivity contribution in [2.24, 2.45) is 0 Å². The van der Waals surface area contributed by atoms with E-state index in [0.717, 1.165) is 36.6 Å². The van der Waals surface area contributed by atoms with Gasteiger partial charge in [-0.25, -0.2) is 0 Å². The van der Waals surface area contributed by atoms with Gasteiger partial charge in [0.25, 0.3) is 0 Å². The van der Waals surface area contributed by atoms with Gasteiger partial charge in [0.1, 0.15) is 0 Å². The van der Waals surface area contributed by atoms with Gasteiger partial charge >= 0.3 is 0 Å². The molecule has 3 rings (SSSR count). The largest absolute Gasteiger partial charge is 0.375 e. The minimum atomic E-state index is 0.247. The Hall–Kier alpha value is -1.10. The van der Waals surface area contributed by atoms with Crippen LogP contribution in [0.25, 0.3) is 10.9 Å². The normalized spacial score (nSPS) is 20.5. The zero-order chi connectivity index (χ0) is 14.5. The lowest BCUT2D eigenvalue weighted by Crippen LogP contribution is -2.38. The van der Waals surface area contributed by atoms with E-state index in [1.165, 1.54) is 10.9 Å². The molecule has 1 N–H and O–H groups in total. The van der Waals surface area contributed by atoms with E-state index in [4.69, 9.17) is 4.74 Å². The van der Waals surface area contributed by atoms with Crippen LogP contribution in [0.2, 0.25) is 0 Å². The second kappa shape index (κ2) is 7.25. The molecule has 0 spiro atoms. The molecule has 1 aliphatic heterocycles. The van der Waals surface area contributed by atoms with E-state index in [9.17, 15) is 0 Å². The lowest BCUT2D eigenvalue weighted by atomic mass is 10.00. The first-order chi connectivity index (χ1) is 10.4. The number of nitrogens with one attached hydrogen (secondary N) is 1. The minimum Gasteiger partial charge on any atom is -0.375 e. The van der Waals surface area contributed by atoms with Gasteiger partial charge in [-0.3, -0.25) is 4.98 Å². The van der Waals surface area contributed by atoms with Crippen LogP contribution in [0.5, 0.6) is 0 Å². The number of nitrogens with zero attached hydrogens (tertiary/aromatic N) is 1. The molecule has 0 radical (unpaired) electrons. The Labute approximate surface area is 130 Å². The summed E-state index contributed by atoms with van der Waals surface area (Å²) in [6.07, 6.45) is 3.23. The first kappa shape index (κ1) is 14.8. The molecule has 1 saturated heterocycles. The molecule has 2 heterocycles. The molecule has 4 heteroatoms. The van der Waals surface area contributed by atoms with Crippen molar-refractivity contribution in [1.82, 2.24) is 10.3 Å². The maximum Gasteiger partial charge on any atom is 0.0860 e. The number of fused-ring (bicyclic) bond motifs is 1. The molecule has 1 aromatic carbocycles. The van der Waals surface area contributed by atoms with Crippen molar-refractivity contribution in [3.63, 3.8) is 0 Å². The summed E-state index contributed by atoms with van der Waals surface area (Å²) in [5, 5.41) is 4.84. The summed E-state index contributed by atoms with van der Waals surface area (Å²) < 4.78 is 6.00. The Morgan fingerprint density at radius 1 is 1.43 bits per heavy atom. The van der Waals surface area contributed by atoms with Crippen molar-refractivity contribution >= 4 is 22.7 Å². The van der Waals surface area contributed by atoms with Gasteiger partial charge in [-0.2, -0.15) is 11.8 Å². The van der Waals surface area contributed by atoms with E-state index in [0.29, 0.717) is 0 Å². The molecule has 112 valence electrons. The van der Waals surface area contributed by atoms with Gasteiger partial charge in [0.05, 0.1) is 24.3 Å². The number of hydrogen-bond acceptors (Lipinski definition) is 4. The molecule has 2 aromatic rings. The van der Waals surface area contributed by atoms with E-state index < -0.39 is 0 Å². The average molecular weight is 302 g/mol. The van der Waals surface area contributed by atoms with Crippen molar-refractivity contribution < 1.29 is 4.74 Å². The third kappa shape index (κ3) is 3.57. The Balaban J connectivity index is 1.88. The van der Waals surface area contributed by atoms with Gasteiger partial charge < -0.3 is 10.1 Å². The number of benzene rings is 1. The number of rotatable bonds is 5. The molecule has 0 bridgehead atoms. The zero-order valence-corrected chi connectivity index (χ0v) is 13.2. The topological polar surface area (TPSA) is 34.2 Å². The third-order valence-electron chi connectivity index (χ3n) is 3.82. The fourth-order valence-electron chi connectivity index (χ4n) is 2.74. The minimum absolute atomic E-state index is 0.247. The van der Waals surface area contributed by atoms with E-state index in [-0.39, 0.29) is 12.1 Å². The highest BCUT2D eigenvalue weighted by molar-refractivity contribution is 7.99. The Bertz CT molecular complexity index is 584. The number of thioether (sulfide) groups is 1. The maximum absolute atomic E-state index is 6.00. The van der Waals surface area contributed by atoms with Crippen LogP contribution < -0.4 is 5.32 Å². The number of hydrogen-bond donors (Lipinski definition) is 1. The van der Waals surface area contributed by atoms with Crippen molar-refractivity contribution in [3.05, 3.63) is 42.1 Å². The average Bonchev–Trinajstić information content (AvgIpc) is 2.56. The maximum atomic E-state index is 6.00.